The zero-order valence-corrected chi connectivity index (χ0v) is 30.9. The quantitative estimate of drug-likeness (QED) is 0.140. The van der Waals surface area contributed by atoms with Crippen molar-refractivity contribution in [2.75, 3.05) is 17.5 Å². The molecule has 1 fully saturated rings. The van der Waals surface area contributed by atoms with Gasteiger partial charge in [0.1, 0.15) is 18.3 Å². The Kier molecular flexibility index (Phi) is 12.7. The van der Waals surface area contributed by atoms with Gasteiger partial charge < -0.3 is 15.0 Å². The number of amides is 2. The van der Waals surface area contributed by atoms with E-state index in [1.54, 1.807) is 54.6 Å². The molecule has 1 atom stereocenters. The Hall–Kier alpha value is -3.57. The largest absolute Gasteiger partial charge is 0.494 e. The summed E-state index contributed by atoms with van der Waals surface area (Å²) in [6.07, 6.45) is 3.92. The van der Waals surface area contributed by atoms with Gasteiger partial charge in [0.25, 0.3) is 10.0 Å². The lowest BCUT2D eigenvalue weighted by Crippen LogP contribution is -2.54. The maximum absolute atomic E-state index is 14.8. The minimum Gasteiger partial charge on any atom is -0.494 e. The lowest BCUT2D eigenvalue weighted by Gasteiger charge is -2.34. The number of hydrogen-bond donors (Lipinski definition) is 1. The van der Waals surface area contributed by atoms with Crippen LogP contribution in [-0.4, -0.2) is 50.4 Å². The molecule has 258 valence electrons. The van der Waals surface area contributed by atoms with Gasteiger partial charge in [-0.3, -0.25) is 13.9 Å². The molecule has 0 bridgehead atoms. The number of rotatable bonds is 14. The van der Waals surface area contributed by atoms with Crippen LogP contribution in [0.1, 0.15) is 43.7 Å². The summed E-state index contributed by atoms with van der Waals surface area (Å²) in [5, 5.41) is 3.81. The number of halogens is 3. The molecule has 5 rings (SSSR count). The van der Waals surface area contributed by atoms with E-state index in [0.717, 1.165) is 35.6 Å². The highest BCUT2D eigenvalue weighted by molar-refractivity contribution is 9.10. The van der Waals surface area contributed by atoms with Crippen LogP contribution >= 0.6 is 39.1 Å². The lowest BCUT2D eigenvalue weighted by molar-refractivity contribution is -0.140. The van der Waals surface area contributed by atoms with Gasteiger partial charge in [0.2, 0.25) is 11.8 Å². The van der Waals surface area contributed by atoms with E-state index in [2.05, 4.69) is 21.2 Å². The van der Waals surface area contributed by atoms with Crippen LogP contribution in [0, 0.1) is 0 Å². The van der Waals surface area contributed by atoms with Gasteiger partial charge >= 0.3 is 0 Å². The smallest absolute Gasteiger partial charge is 0.264 e. The summed E-state index contributed by atoms with van der Waals surface area (Å²) in [4.78, 5) is 30.3. The van der Waals surface area contributed by atoms with E-state index in [-0.39, 0.29) is 35.5 Å². The van der Waals surface area contributed by atoms with Crippen molar-refractivity contribution in [1.82, 2.24) is 10.2 Å². The molecule has 1 saturated carbocycles. The van der Waals surface area contributed by atoms with E-state index in [0.29, 0.717) is 32.4 Å². The van der Waals surface area contributed by atoms with Gasteiger partial charge in [-0.05, 0) is 86.0 Å². The molecule has 4 aromatic carbocycles. The van der Waals surface area contributed by atoms with Crippen LogP contribution in [0.25, 0.3) is 0 Å². The molecule has 1 aliphatic carbocycles. The standard InChI is InChI=1S/C37H38BrCl2N3O5S/c1-2-48-30-19-17-29(18-20-30)43(49(46,47)31-21-15-27(38)16-22-31)25-36(44)42(24-32-33(39)13-8-14-34(32)40)35(23-26-9-4-3-5-10-26)37(45)41-28-11-6-7-12-28/h3-5,8-10,13-22,28,35H,2,6-7,11-12,23-25H2,1H3,(H,41,45)/t35-/m1/s1. The first-order chi connectivity index (χ1) is 23.6. The van der Waals surface area contributed by atoms with Crippen molar-refractivity contribution >= 4 is 66.7 Å². The van der Waals surface area contributed by atoms with Gasteiger partial charge in [0.15, 0.2) is 0 Å². The van der Waals surface area contributed by atoms with Gasteiger partial charge in [-0.15, -0.1) is 0 Å². The average molecular weight is 788 g/mol. The summed E-state index contributed by atoms with van der Waals surface area (Å²) >= 11 is 16.6. The number of sulfonamides is 1. The fourth-order valence-corrected chi connectivity index (χ4v) is 8.11. The predicted octanol–water partition coefficient (Wildman–Crippen LogP) is 8.05. The second-order valence-corrected chi connectivity index (χ2v) is 15.4. The molecule has 1 N–H and O–H groups in total. The zero-order chi connectivity index (χ0) is 35.0. The molecule has 0 radical (unpaired) electrons. The summed E-state index contributed by atoms with van der Waals surface area (Å²) in [6.45, 7) is 1.56. The van der Waals surface area contributed by atoms with Crippen molar-refractivity contribution in [2.45, 2.75) is 62.6 Å². The first kappa shape index (κ1) is 36.7. The molecule has 8 nitrogen and oxygen atoms in total. The molecule has 0 aliphatic heterocycles. The fraction of sp³-hybridized carbons (Fsp3) is 0.297. The van der Waals surface area contributed by atoms with Crippen molar-refractivity contribution in [3.05, 3.63) is 123 Å². The average Bonchev–Trinajstić information content (AvgIpc) is 3.60. The third-order valence-corrected chi connectivity index (χ3v) is 11.5. The predicted molar refractivity (Wildman–Crippen MR) is 198 cm³/mol. The summed E-state index contributed by atoms with van der Waals surface area (Å²) in [7, 11) is -4.27. The molecule has 0 saturated heterocycles. The Morgan fingerprint density at radius 1 is 0.898 bits per heavy atom. The maximum Gasteiger partial charge on any atom is 0.264 e. The molecule has 0 spiro atoms. The fourth-order valence-electron chi connectivity index (χ4n) is 5.91. The Labute approximate surface area is 306 Å². The third kappa shape index (κ3) is 9.36. The number of hydrogen-bond acceptors (Lipinski definition) is 5. The molecule has 2 amide bonds. The Balaban J connectivity index is 1.59. The van der Waals surface area contributed by atoms with Crippen LogP contribution in [0.5, 0.6) is 5.75 Å². The van der Waals surface area contributed by atoms with Crippen LogP contribution in [0.4, 0.5) is 5.69 Å². The van der Waals surface area contributed by atoms with Crippen molar-refractivity contribution in [1.29, 1.82) is 0 Å². The Morgan fingerprint density at radius 3 is 2.14 bits per heavy atom. The van der Waals surface area contributed by atoms with Crippen molar-refractivity contribution in [2.24, 2.45) is 0 Å². The minimum atomic E-state index is -4.27. The zero-order valence-electron chi connectivity index (χ0n) is 27.0. The molecular formula is C37H38BrCl2N3O5S. The monoisotopic (exact) mass is 785 g/mol. The molecule has 12 heteroatoms. The number of carbonyl (C=O) groups is 2. The molecule has 1 aliphatic rings. The molecular weight excluding hydrogens is 749 g/mol. The number of anilines is 1. The Bertz CT molecular complexity index is 1820. The van der Waals surface area contributed by atoms with Gasteiger partial charge in [0.05, 0.1) is 17.2 Å². The highest BCUT2D eigenvalue weighted by atomic mass is 79.9. The van der Waals surface area contributed by atoms with Crippen molar-refractivity contribution < 1.29 is 22.7 Å². The van der Waals surface area contributed by atoms with Gasteiger partial charge in [0, 0.05) is 39.1 Å². The molecule has 4 aromatic rings. The molecule has 49 heavy (non-hydrogen) atoms. The second kappa shape index (κ2) is 16.9. The topological polar surface area (TPSA) is 96.0 Å². The highest BCUT2D eigenvalue weighted by Gasteiger charge is 2.36. The van der Waals surface area contributed by atoms with Crippen LogP contribution in [0.2, 0.25) is 10.0 Å². The summed E-state index contributed by atoms with van der Waals surface area (Å²) in [5.74, 6) is -0.371. The first-order valence-electron chi connectivity index (χ1n) is 16.1. The number of nitrogens with one attached hydrogen (secondary N) is 1. The van der Waals surface area contributed by atoms with E-state index in [1.165, 1.54) is 17.0 Å². The van der Waals surface area contributed by atoms with Gasteiger partial charge in [-0.2, -0.15) is 0 Å². The van der Waals surface area contributed by atoms with Gasteiger partial charge in [-0.1, -0.05) is 88.4 Å². The van der Waals surface area contributed by atoms with Crippen molar-refractivity contribution in [3.63, 3.8) is 0 Å². The van der Waals surface area contributed by atoms with Crippen LogP contribution < -0.4 is 14.4 Å². The number of ether oxygens (including phenoxy) is 1. The van der Waals surface area contributed by atoms with Crippen LogP contribution in [-0.2, 0) is 32.6 Å². The number of carbonyl (C=O) groups excluding carboxylic acids is 2. The van der Waals surface area contributed by atoms with E-state index >= 15 is 0 Å². The highest BCUT2D eigenvalue weighted by Crippen LogP contribution is 2.30. The third-order valence-electron chi connectivity index (χ3n) is 8.48. The van der Waals surface area contributed by atoms with E-state index in [1.807, 2.05) is 37.3 Å². The minimum absolute atomic E-state index is 0.00195. The van der Waals surface area contributed by atoms with Gasteiger partial charge in [-0.25, -0.2) is 8.42 Å². The second-order valence-electron chi connectivity index (χ2n) is 11.8. The normalized spacial score (nSPS) is 13.9. The van der Waals surface area contributed by atoms with E-state index < -0.39 is 28.5 Å². The number of nitrogens with zero attached hydrogens (tertiary/aromatic N) is 2. The summed E-state index contributed by atoms with van der Waals surface area (Å²) in [6, 6.07) is 26.1. The van der Waals surface area contributed by atoms with E-state index in [9.17, 15) is 18.0 Å². The number of benzene rings is 4. The van der Waals surface area contributed by atoms with Crippen molar-refractivity contribution in [3.8, 4) is 5.75 Å². The van der Waals surface area contributed by atoms with Crippen LogP contribution in [0.3, 0.4) is 0 Å². The van der Waals surface area contributed by atoms with Crippen LogP contribution in [0.15, 0.2) is 106 Å². The SMILES string of the molecule is CCOc1ccc(N(CC(=O)N(Cc2c(Cl)cccc2Cl)[C@H](Cc2ccccc2)C(=O)NC2CCCC2)S(=O)(=O)c2ccc(Br)cc2)cc1. The molecule has 0 unspecified atom stereocenters. The molecule has 0 heterocycles. The Morgan fingerprint density at radius 2 is 1.53 bits per heavy atom. The summed E-state index contributed by atoms with van der Waals surface area (Å²) < 4.78 is 35.9. The molecule has 0 aromatic heterocycles. The van der Waals surface area contributed by atoms with E-state index in [4.69, 9.17) is 27.9 Å². The maximum atomic E-state index is 14.8. The first-order valence-corrected chi connectivity index (χ1v) is 19.1. The lowest BCUT2D eigenvalue weighted by atomic mass is 10.0. The summed E-state index contributed by atoms with van der Waals surface area (Å²) in [5.41, 5.74) is 1.54.